The average Bonchev–Trinajstić information content (AvgIpc) is 3.59. The van der Waals surface area contributed by atoms with Gasteiger partial charge in [-0.25, -0.2) is 23.1 Å². The Kier molecular flexibility index (Phi) is 7.88. The number of carboxylic acid groups (broad SMARTS) is 1. The predicted molar refractivity (Wildman–Crippen MR) is 142 cm³/mol. The van der Waals surface area contributed by atoms with Crippen molar-refractivity contribution in [3.8, 4) is 0 Å². The van der Waals surface area contributed by atoms with E-state index in [9.17, 15) is 33.1 Å². The summed E-state index contributed by atoms with van der Waals surface area (Å²) < 4.78 is 27.9. The first-order valence-electron chi connectivity index (χ1n) is 12.8. The number of carboxylic acids is 1. The summed E-state index contributed by atoms with van der Waals surface area (Å²) in [4.78, 5) is 54.6. The zero-order chi connectivity index (χ0) is 30.0. The Morgan fingerprint density at radius 3 is 2.45 bits per heavy atom. The summed E-state index contributed by atoms with van der Waals surface area (Å²) in [6.45, 7) is -0.490. The molecule has 216 valence electrons. The number of hydrogen-bond acceptors (Lipinski definition) is 7. The van der Waals surface area contributed by atoms with Gasteiger partial charge in [0.15, 0.2) is 23.0 Å². The normalized spacial score (nSPS) is 13.9. The highest BCUT2D eigenvalue weighted by Gasteiger charge is 2.27. The Labute approximate surface area is 236 Å². The topological polar surface area (TPSA) is 175 Å². The first-order chi connectivity index (χ1) is 20.1. The van der Waals surface area contributed by atoms with Crippen molar-refractivity contribution < 1.29 is 38.2 Å². The van der Waals surface area contributed by atoms with Crippen LogP contribution in [0, 0.1) is 11.6 Å². The highest BCUT2D eigenvalue weighted by Crippen LogP contribution is 2.32. The van der Waals surface area contributed by atoms with Gasteiger partial charge in [-0.05, 0) is 53.8 Å². The highest BCUT2D eigenvalue weighted by molar-refractivity contribution is 5.99. The van der Waals surface area contributed by atoms with Gasteiger partial charge in [0.1, 0.15) is 11.4 Å². The number of aliphatic hydroxyl groups excluding tert-OH is 1. The van der Waals surface area contributed by atoms with Crippen LogP contribution in [0.15, 0.2) is 48.5 Å². The summed E-state index contributed by atoms with van der Waals surface area (Å²) >= 11 is 0. The van der Waals surface area contributed by atoms with Crippen LogP contribution in [0.25, 0.3) is 5.65 Å². The van der Waals surface area contributed by atoms with E-state index in [2.05, 4.69) is 26.0 Å². The van der Waals surface area contributed by atoms with Gasteiger partial charge in [0.2, 0.25) is 0 Å². The van der Waals surface area contributed by atoms with E-state index in [0.29, 0.717) is 18.4 Å². The summed E-state index contributed by atoms with van der Waals surface area (Å²) in [6, 6.07) is 9.86. The maximum Gasteiger partial charge on any atom is 0.335 e. The fourth-order valence-corrected chi connectivity index (χ4v) is 4.68. The van der Waals surface area contributed by atoms with Crippen molar-refractivity contribution in [2.75, 3.05) is 13.2 Å². The maximum atomic E-state index is 13.6. The van der Waals surface area contributed by atoms with Gasteiger partial charge >= 0.3 is 5.97 Å². The molecule has 5 rings (SSSR count). The number of aromatic nitrogens is 3. The Balaban J connectivity index is 1.44. The Hall–Kier alpha value is -5.24. The minimum atomic E-state index is -1.07. The first-order valence-corrected chi connectivity index (χ1v) is 12.8. The number of hydrogen-bond donors (Lipinski definition) is 5. The van der Waals surface area contributed by atoms with E-state index < -0.39 is 41.4 Å². The van der Waals surface area contributed by atoms with Crippen LogP contribution in [0.1, 0.15) is 71.0 Å². The number of aliphatic hydroxyl groups is 1. The molecule has 1 atom stereocenters. The lowest BCUT2D eigenvalue weighted by atomic mass is 10.0. The second kappa shape index (κ2) is 11.7. The minimum absolute atomic E-state index is 0.00713. The molecule has 14 heteroatoms. The minimum Gasteiger partial charge on any atom is -0.478 e. The summed E-state index contributed by atoms with van der Waals surface area (Å²) in [6.07, 6.45) is 1.05. The maximum absolute atomic E-state index is 13.6. The van der Waals surface area contributed by atoms with E-state index in [1.54, 1.807) is 12.1 Å². The lowest BCUT2D eigenvalue weighted by Gasteiger charge is -2.15. The number of aromatic carboxylic acids is 1. The van der Waals surface area contributed by atoms with E-state index in [-0.39, 0.29) is 48.0 Å². The summed E-state index contributed by atoms with van der Waals surface area (Å²) in [5, 5.41) is 30.3. The first kappa shape index (κ1) is 28.3. The third kappa shape index (κ3) is 5.78. The molecule has 1 aliphatic carbocycles. The Bertz CT molecular complexity index is 1740. The molecule has 0 unspecified atom stereocenters. The second-order valence-corrected chi connectivity index (χ2v) is 9.52. The second-order valence-electron chi connectivity index (χ2n) is 9.52. The van der Waals surface area contributed by atoms with Crippen LogP contribution in [0.2, 0.25) is 0 Å². The number of fused-ring (bicyclic) bond motifs is 2. The number of nitrogens with zero attached hydrogens (tertiary/aromatic N) is 3. The van der Waals surface area contributed by atoms with Gasteiger partial charge < -0.3 is 26.2 Å². The molecule has 2 heterocycles. The fourth-order valence-electron chi connectivity index (χ4n) is 4.68. The van der Waals surface area contributed by atoms with Crippen molar-refractivity contribution in [3.05, 3.63) is 99.5 Å². The number of benzene rings is 2. The average molecular weight is 579 g/mol. The molecule has 42 heavy (non-hydrogen) atoms. The lowest BCUT2D eigenvalue weighted by Crippen LogP contribution is -2.31. The third-order valence-corrected chi connectivity index (χ3v) is 6.73. The van der Waals surface area contributed by atoms with Gasteiger partial charge in [0.25, 0.3) is 17.7 Å². The molecule has 12 nitrogen and oxygen atoms in total. The monoisotopic (exact) mass is 578 g/mol. The fraction of sp³-hybridized carbons (Fsp3) is 0.214. The smallest absolute Gasteiger partial charge is 0.335 e. The number of rotatable bonds is 9. The number of halogens is 2. The third-order valence-electron chi connectivity index (χ3n) is 6.73. The molecule has 2 aromatic carbocycles. The Morgan fingerprint density at radius 1 is 0.929 bits per heavy atom. The molecule has 0 aliphatic heterocycles. The van der Waals surface area contributed by atoms with Crippen molar-refractivity contribution >= 4 is 29.3 Å². The van der Waals surface area contributed by atoms with E-state index >= 15 is 0 Å². The van der Waals surface area contributed by atoms with E-state index in [0.717, 1.165) is 27.8 Å². The molecule has 0 spiro atoms. The van der Waals surface area contributed by atoms with Crippen LogP contribution < -0.4 is 16.0 Å². The quantitative estimate of drug-likeness (QED) is 0.200. The number of carbonyl (C=O) groups is 4. The molecule has 0 fully saturated rings. The zero-order valence-corrected chi connectivity index (χ0v) is 21.9. The van der Waals surface area contributed by atoms with Crippen LogP contribution in [0.3, 0.4) is 0 Å². The van der Waals surface area contributed by atoms with Gasteiger partial charge in [-0.1, -0.05) is 12.1 Å². The molecule has 0 saturated heterocycles. The van der Waals surface area contributed by atoms with Crippen molar-refractivity contribution in [1.82, 2.24) is 30.5 Å². The summed E-state index contributed by atoms with van der Waals surface area (Å²) in [7, 11) is 0. The summed E-state index contributed by atoms with van der Waals surface area (Å²) in [5.41, 5.74) is 1.56. The van der Waals surface area contributed by atoms with Gasteiger partial charge in [-0.2, -0.15) is 5.10 Å². The zero-order valence-electron chi connectivity index (χ0n) is 21.9. The molecular weight excluding hydrogens is 554 g/mol. The number of nitrogens with one attached hydrogen (secondary N) is 3. The van der Waals surface area contributed by atoms with Crippen molar-refractivity contribution in [2.45, 2.75) is 25.4 Å². The van der Waals surface area contributed by atoms with Crippen LogP contribution >= 0.6 is 0 Å². The van der Waals surface area contributed by atoms with E-state index in [1.807, 2.05) is 0 Å². The number of aryl methyl sites for hydroxylation is 1. The van der Waals surface area contributed by atoms with Crippen LogP contribution in [-0.4, -0.2) is 61.7 Å². The van der Waals surface area contributed by atoms with Crippen LogP contribution in [-0.2, 0) is 13.0 Å². The van der Waals surface area contributed by atoms with Crippen molar-refractivity contribution in [2.24, 2.45) is 0 Å². The van der Waals surface area contributed by atoms with Crippen LogP contribution in [0.5, 0.6) is 0 Å². The number of carbonyl (C=O) groups excluding carboxylic acids is 3. The van der Waals surface area contributed by atoms with Crippen molar-refractivity contribution in [3.63, 3.8) is 0 Å². The lowest BCUT2D eigenvalue weighted by molar-refractivity contribution is 0.0695. The molecule has 4 aromatic rings. The molecule has 5 N–H and O–H groups in total. The molecule has 1 aliphatic rings. The Morgan fingerprint density at radius 2 is 1.71 bits per heavy atom. The van der Waals surface area contributed by atoms with Crippen molar-refractivity contribution in [1.29, 1.82) is 0 Å². The standard InChI is InChI=1S/C28H24F2N6O6/c29-18-5-1-14(9-19(18)30)13-32-25(38)21-11-23(36-24(33-21)12-22(35-36)26(39)31-7-8-37)27(40)34-20-6-3-15-10-16(28(41)42)2-4-17(15)20/h1-2,4-5,9-12,20,37H,3,6-8,13H2,(H,31,39)(H,32,38)(H,34,40)(H,41,42)/t20-/m0/s1. The SMILES string of the molecule is O=C(O)c1ccc2c(c1)CC[C@@H]2NC(=O)c1cc(C(=O)NCc2ccc(F)c(F)c2)nc2cc(C(=O)NCCO)nn12. The van der Waals surface area contributed by atoms with Gasteiger partial charge in [0, 0.05) is 25.2 Å². The van der Waals surface area contributed by atoms with Gasteiger partial charge in [0.05, 0.1) is 18.2 Å². The molecule has 0 bridgehead atoms. The van der Waals surface area contributed by atoms with E-state index in [4.69, 9.17) is 5.11 Å². The molecule has 2 aromatic heterocycles. The van der Waals surface area contributed by atoms with Crippen LogP contribution in [0.4, 0.5) is 8.78 Å². The van der Waals surface area contributed by atoms with Gasteiger partial charge in [-0.3, -0.25) is 14.4 Å². The molecule has 0 radical (unpaired) electrons. The molecule has 3 amide bonds. The predicted octanol–water partition coefficient (Wildman–Crippen LogP) is 1.78. The summed E-state index contributed by atoms with van der Waals surface area (Å²) in [5.74, 6) is -5.15. The largest absolute Gasteiger partial charge is 0.478 e. The molecular formula is C28H24F2N6O6. The van der Waals surface area contributed by atoms with E-state index in [1.165, 1.54) is 24.3 Å². The highest BCUT2D eigenvalue weighted by atomic mass is 19.2. The van der Waals surface area contributed by atoms with Gasteiger partial charge in [-0.15, -0.1) is 0 Å². The molecule has 0 saturated carbocycles. The number of amides is 3.